The number of benzene rings is 1. The molecule has 1 atom stereocenters. The summed E-state index contributed by atoms with van der Waals surface area (Å²) in [7, 11) is 0. The van der Waals surface area contributed by atoms with Crippen LogP contribution >= 0.6 is 0 Å². The number of hydrogen-bond donors (Lipinski definition) is 3. The maximum atomic E-state index is 13.3. The number of aromatic nitrogens is 5. The molecule has 6 rings (SSSR count). The van der Waals surface area contributed by atoms with Crippen molar-refractivity contribution in [3.63, 3.8) is 0 Å². The molecule has 198 valence electrons. The van der Waals surface area contributed by atoms with Gasteiger partial charge < -0.3 is 25.8 Å². The first-order valence-electron chi connectivity index (χ1n) is 13.1. The van der Waals surface area contributed by atoms with E-state index in [0.29, 0.717) is 29.9 Å². The van der Waals surface area contributed by atoms with Gasteiger partial charge in [-0.25, -0.2) is 4.98 Å². The largest absolute Gasteiger partial charge is 0.396 e. The smallest absolute Gasteiger partial charge is 0.254 e. The Kier molecular flexibility index (Phi) is 6.32. The minimum absolute atomic E-state index is 0.0258. The lowest BCUT2D eigenvalue weighted by molar-refractivity contribution is -0.176. The summed E-state index contributed by atoms with van der Waals surface area (Å²) in [6, 6.07) is 7.70. The molecule has 4 aromatic rings. The SMILES string of the molecule is CCC[C@@H](CCO)Nc1nc(N)nc2cnn(Cc3ccc(C(=O)N4CC5(COC5)C4)c4cccnc34)c12. The standard InChI is InChI=1S/C27H32N8O3/c1-2-4-18(8-10-36)31-24-23-21(32-26(28)33-24)11-30-35(23)12-17-6-7-20(19-5-3-9-29-22(17)19)25(37)34-13-27(14-34)15-38-16-27/h3,5-7,9,11,18,36H,2,4,8,10,12-16H2,1H3,(H3,28,31,32,33)/t18-/m0/s1. The second kappa shape index (κ2) is 9.80. The second-order valence-electron chi connectivity index (χ2n) is 10.4. The molecule has 38 heavy (non-hydrogen) atoms. The molecule has 0 unspecified atom stereocenters. The molecule has 11 nitrogen and oxygen atoms in total. The highest BCUT2D eigenvalue weighted by Crippen LogP contribution is 2.39. The number of rotatable bonds is 9. The van der Waals surface area contributed by atoms with Gasteiger partial charge in [-0.15, -0.1) is 0 Å². The normalized spacial score (nSPS) is 16.9. The molecule has 0 aliphatic carbocycles. The molecule has 2 aliphatic rings. The van der Waals surface area contributed by atoms with E-state index in [1.54, 1.807) is 12.4 Å². The Labute approximate surface area is 220 Å². The Bertz CT molecular complexity index is 1480. The third-order valence-electron chi connectivity index (χ3n) is 7.52. The van der Waals surface area contributed by atoms with Gasteiger partial charge in [0, 0.05) is 42.9 Å². The van der Waals surface area contributed by atoms with Crippen LogP contribution in [0.15, 0.2) is 36.7 Å². The summed E-state index contributed by atoms with van der Waals surface area (Å²) in [5.41, 5.74) is 9.87. The molecular formula is C27H32N8O3. The average molecular weight is 517 g/mol. The van der Waals surface area contributed by atoms with Crippen LogP contribution in [0.4, 0.5) is 11.8 Å². The van der Waals surface area contributed by atoms with Gasteiger partial charge in [0.15, 0.2) is 5.82 Å². The molecule has 11 heteroatoms. The van der Waals surface area contributed by atoms with E-state index >= 15 is 0 Å². The van der Waals surface area contributed by atoms with Gasteiger partial charge in [0.2, 0.25) is 5.95 Å². The molecule has 0 saturated carbocycles. The van der Waals surface area contributed by atoms with E-state index in [1.165, 1.54) is 0 Å². The van der Waals surface area contributed by atoms with Crippen molar-refractivity contribution in [2.75, 3.05) is 44.0 Å². The van der Waals surface area contributed by atoms with Crippen LogP contribution in [-0.2, 0) is 11.3 Å². The van der Waals surface area contributed by atoms with E-state index in [4.69, 9.17) is 10.5 Å². The zero-order chi connectivity index (χ0) is 26.3. The van der Waals surface area contributed by atoms with Crippen LogP contribution in [0.2, 0.25) is 0 Å². The Balaban J connectivity index is 1.33. The molecule has 1 aromatic carbocycles. The summed E-state index contributed by atoms with van der Waals surface area (Å²) in [4.78, 5) is 28.7. The molecule has 0 bridgehead atoms. The Hall–Kier alpha value is -3.83. The summed E-state index contributed by atoms with van der Waals surface area (Å²) < 4.78 is 7.19. The van der Waals surface area contributed by atoms with E-state index in [-0.39, 0.29) is 29.9 Å². The van der Waals surface area contributed by atoms with Crippen molar-refractivity contribution in [1.82, 2.24) is 29.6 Å². The van der Waals surface area contributed by atoms with Crippen molar-refractivity contribution in [2.24, 2.45) is 5.41 Å². The number of aliphatic hydroxyl groups excluding tert-OH is 1. The fourth-order valence-corrected chi connectivity index (χ4v) is 5.58. The number of pyridine rings is 1. The number of carbonyl (C=O) groups is 1. The van der Waals surface area contributed by atoms with Gasteiger partial charge in [-0.2, -0.15) is 10.1 Å². The Morgan fingerprint density at radius 3 is 2.82 bits per heavy atom. The number of anilines is 2. The molecular weight excluding hydrogens is 484 g/mol. The second-order valence-corrected chi connectivity index (χ2v) is 10.4. The van der Waals surface area contributed by atoms with Crippen LogP contribution in [0.25, 0.3) is 21.9 Å². The van der Waals surface area contributed by atoms with Crippen molar-refractivity contribution in [2.45, 2.75) is 38.8 Å². The van der Waals surface area contributed by atoms with E-state index in [1.807, 2.05) is 33.8 Å². The number of nitrogens with zero attached hydrogens (tertiary/aromatic N) is 6. The minimum atomic E-state index is 0.0258. The summed E-state index contributed by atoms with van der Waals surface area (Å²) in [6.07, 6.45) is 5.87. The van der Waals surface area contributed by atoms with Crippen LogP contribution in [0.1, 0.15) is 42.1 Å². The lowest BCUT2D eigenvalue weighted by atomic mass is 9.77. The van der Waals surface area contributed by atoms with Crippen molar-refractivity contribution >= 4 is 39.6 Å². The van der Waals surface area contributed by atoms with Gasteiger partial charge in [-0.3, -0.25) is 14.5 Å². The number of nitrogen functional groups attached to an aromatic ring is 1. The van der Waals surface area contributed by atoms with Crippen LogP contribution in [-0.4, -0.2) is 79.6 Å². The molecule has 2 aliphatic heterocycles. The monoisotopic (exact) mass is 516 g/mol. The lowest BCUT2D eigenvalue weighted by Gasteiger charge is -2.54. The summed E-state index contributed by atoms with van der Waals surface area (Å²) >= 11 is 0. The maximum absolute atomic E-state index is 13.3. The van der Waals surface area contributed by atoms with E-state index in [9.17, 15) is 9.90 Å². The molecule has 0 radical (unpaired) electrons. The molecule has 2 saturated heterocycles. The highest BCUT2D eigenvalue weighted by atomic mass is 16.5. The number of carbonyl (C=O) groups excluding carboxylic acids is 1. The fraction of sp³-hybridized carbons (Fsp3) is 0.444. The van der Waals surface area contributed by atoms with E-state index < -0.39 is 0 Å². The van der Waals surface area contributed by atoms with Crippen LogP contribution in [0.5, 0.6) is 0 Å². The molecule has 2 fully saturated rings. The third-order valence-corrected chi connectivity index (χ3v) is 7.52. The lowest BCUT2D eigenvalue weighted by Crippen LogP contribution is -2.67. The fourth-order valence-electron chi connectivity index (χ4n) is 5.58. The average Bonchev–Trinajstić information content (AvgIpc) is 3.25. The predicted octanol–water partition coefficient (Wildman–Crippen LogP) is 2.44. The molecule has 1 amide bonds. The van der Waals surface area contributed by atoms with E-state index in [2.05, 4.69) is 32.3 Å². The summed E-state index contributed by atoms with van der Waals surface area (Å²) in [5, 5.41) is 18.4. The van der Waals surface area contributed by atoms with Crippen LogP contribution in [0.3, 0.4) is 0 Å². The van der Waals surface area contributed by atoms with Gasteiger partial charge in [0.25, 0.3) is 5.91 Å². The number of nitrogens with one attached hydrogen (secondary N) is 1. The van der Waals surface area contributed by atoms with Crippen molar-refractivity contribution in [1.29, 1.82) is 0 Å². The van der Waals surface area contributed by atoms with Crippen LogP contribution in [0, 0.1) is 5.41 Å². The Morgan fingerprint density at radius 2 is 2.08 bits per heavy atom. The predicted molar refractivity (Wildman–Crippen MR) is 144 cm³/mol. The number of nitrogens with two attached hydrogens (primary N) is 1. The Morgan fingerprint density at radius 1 is 1.24 bits per heavy atom. The maximum Gasteiger partial charge on any atom is 0.254 e. The van der Waals surface area contributed by atoms with Crippen molar-refractivity contribution in [3.05, 3.63) is 47.8 Å². The quantitative estimate of drug-likeness (QED) is 0.305. The molecule has 5 heterocycles. The number of likely N-dealkylation sites (tertiary alicyclic amines) is 1. The number of fused-ring (bicyclic) bond motifs is 2. The number of amides is 1. The van der Waals surface area contributed by atoms with Gasteiger partial charge in [0.05, 0.1) is 36.9 Å². The summed E-state index contributed by atoms with van der Waals surface area (Å²) in [5.74, 6) is 0.778. The van der Waals surface area contributed by atoms with Gasteiger partial charge in [-0.05, 0) is 30.5 Å². The number of aliphatic hydroxyl groups is 1. The first-order chi connectivity index (χ1) is 18.5. The van der Waals surface area contributed by atoms with Gasteiger partial charge in [0.1, 0.15) is 11.0 Å². The van der Waals surface area contributed by atoms with Crippen LogP contribution < -0.4 is 11.1 Å². The number of ether oxygens (including phenoxy) is 1. The van der Waals surface area contributed by atoms with Gasteiger partial charge >= 0.3 is 0 Å². The zero-order valence-electron chi connectivity index (χ0n) is 21.4. The first-order valence-corrected chi connectivity index (χ1v) is 13.1. The molecule has 4 N–H and O–H groups in total. The molecule has 3 aromatic heterocycles. The van der Waals surface area contributed by atoms with Gasteiger partial charge in [-0.1, -0.05) is 25.5 Å². The van der Waals surface area contributed by atoms with Crippen molar-refractivity contribution < 1.29 is 14.6 Å². The molecule has 1 spiro atoms. The van der Waals surface area contributed by atoms with E-state index in [0.717, 1.165) is 61.1 Å². The topological polar surface area (TPSA) is 144 Å². The summed E-state index contributed by atoms with van der Waals surface area (Å²) in [6.45, 7) is 5.55. The highest BCUT2D eigenvalue weighted by molar-refractivity contribution is 6.07. The highest BCUT2D eigenvalue weighted by Gasteiger charge is 2.50. The minimum Gasteiger partial charge on any atom is -0.396 e. The third kappa shape index (κ3) is 4.31. The van der Waals surface area contributed by atoms with Crippen molar-refractivity contribution in [3.8, 4) is 0 Å². The number of hydrogen-bond acceptors (Lipinski definition) is 9. The zero-order valence-corrected chi connectivity index (χ0v) is 21.4. The first kappa shape index (κ1) is 24.5.